The lowest BCUT2D eigenvalue weighted by atomic mass is 10.2. The number of thiazole rings is 1. The first-order valence-corrected chi connectivity index (χ1v) is 12.3. The molecule has 4 rings (SSSR count). The number of benzene rings is 2. The van der Waals surface area contributed by atoms with Crippen LogP contribution >= 0.6 is 11.3 Å². The average Bonchev–Trinajstić information content (AvgIpc) is 3.32. The molecule has 1 fully saturated rings. The second-order valence-electron chi connectivity index (χ2n) is 7.87. The number of methoxy groups -OCH3 is 2. The van der Waals surface area contributed by atoms with E-state index >= 15 is 0 Å². The zero-order chi connectivity index (χ0) is 23.9. The van der Waals surface area contributed by atoms with E-state index in [0.29, 0.717) is 40.9 Å². The smallest absolute Gasteiger partial charge is 0.260 e. The fourth-order valence-electron chi connectivity index (χ4n) is 3.97. The summed E-state index contributed by atoms with van der Waals surface area (Å²) in [5.74, 6) is 2.01. The molecule has 1 aromatic heterocycles. The number of carbonyl (C=O) groups excluding carboxylic acids is 1. The van der Waals surface area contributed by atoms with E-state index in [2.05, 4.69) is 4.90 Å². The number of rotatable bonds is 10. The lowest BCUT2D eigenvalue weighted by molar-refractivity contribution is 0.0376. The Hall–Kier alpha value is -2.88. The first kappa shape index (κ1) is 24.3. The molecule has 0 saturated carbocycles. The van der Waals surface area contributed by atoms with Crippen LogP contribution in [-0.4, -0.2) is 76.0 Å². The van der Waals surface area contributed by atoms with Crippen molar-refractivity contribution < 1.29 is 23.7 Å². The molecule has 0 spiro atoms. The van der Waals surface area contributed by atoms with Gasteiger partial charge in [-0.2, -0.15) is 0 Å². The van der Waals surface area contributed by atoms with Crippen molar-refractivity contribution in [3.05, 3.63) is 42.0 Å². The summed E-state index contributed by atoms with van der Waals surface area (Å²) in [5, 5.41) is 0.624. The third-order valence-electron chi connectivity index (χ3n) is 5.75. The van der Waals surface area contributed by atoms with Crippen LogP contribution in [-0.2, 0) is 4.74 Å². The van der Waals surface area contributed by atoms with Crippen molar-refractivity contribution >= 4 is 32.6 Å². The van der Waals surface area contributed by atoms with Crippen LogP contribution in [0.5, 0.6) is 17.2 Å². The maximum absolute atomic E-state index is 13.6. The molecule has 1 saturated heterocycles. The topological polar surface area (TPSA) is 73.4 Å². The predicted molar refractivity (Wildman–Crippen MR) is 134 cm³/mol. The van der Waals surface area contributed by atoms with Crippen LogP contribution in [0.3, 0.4) is 0 Å². The van der Waals surface area contributed by atoms with E-state index in [1.165, 1.54) is 11.3 Å². The zero-order valence-corrected chi connectivity index (χ0v) is 20.7. The summed E-state index contributed by atoms with van der Waals surface area (Å²) in [6.45, 7) is 7.31. The Balaban J connectivity index is 1.63. The van der Waals surface area contributed by atoms with Crippen LogP contribution in [0, 0.1) is 0 Å². The number of amides is 1. The van der Waals surface area contributed by atoms with Crippen molar-refractivity contribution in [2.45, 2.75) is 13.3 Å². The number of hydrogen-bond acceptors (Lipinski definition) is 8. The Morgan fingerprint density at radius 1 is 1.09 bits per heavy atom. The van der Waals surface area contributed by atoms with Gasteiger partial charge >= 0.3 is 0 Å². The molecule has 182 valence electrons. The number of ether oxygens (including phenoxy) is 4. The van der Waals surface area contributed by atoms with Gasteiger partial charge in [0.2, 0.25) is 0 Å². The summed E-state index contributed by atoms with van der Waals surface area (Å²) in [6.07, 6.45) is 0.826. The fraction of sp³-hybridized carbons (Fsp3) is 0.440. The second-order valence-corrected chi connectivity index (χ2v) is 8.84. The maximum Gasteiger partial charge on any atom is 0.260 e. The van der Waals surface area contributed by atoms with Gasteiger partial charge in [0.05, 0.1) is 34.0 Å². The van der Waals surface area contributed by atoms with Crippen molar-refractivity contribution in [1.82, 2.24) is 9.88 Å². The molecule has 0 unspecified atom stereocenters. The Morgan fingerprint density at radius 2 is 1.79 bits per heavy atom. The molecule has 2 aromatic carbocycles. The number of carbonyl (C=O) groups is 1. The Labute approximate surface area is 204 Å². The van der Waals surface area contributed by atoms with Gasteiger partial charge in [-0.25, -0.2) is 4.98 Å². The van der Waals surface area contributed by atoms with Gasteiger partial charge in [-0.1, -0.05) is 11.3 Å². The Kier molecular flexibility index (Phi) is 8.21. The summed E-state index contributed by atoms with van der Waals surface area (Å²) >= 11 is 1.44. The van der Waals surface area contributed by atoms with Crippen LogP contribution < -0.4 is 19.1 Å². The Bertz CT molecular complexity index is 1050. The van der Waals surface area contributed by atoms with Gasteiger partial charge in [-0.15, -0.1) is 0 Å². The van der Waals surface area contributed by atoms with Gasteiger partial charge in [0.1, 0.15) is 27.5 Å². The first-order chi connectivity index (χ1) is 16.6. The van der Waals surface area contributed by atoms with Gasteiger partial charge < -0.3 is 18.9 Å². The van der Waals surface area contributed by atoms with Crippen LogP contribution in [0.15, 0.2) is 36.4 Å². The van der Waals surface area contributed by atoms with E-state index < -0.39 is 0 Å². The van der Waals surface area contributed by atoms with Crippen molar-refractivity contribution in [3.63, 3.8) is 0 Å². The van der Waals surface area contributed by atoms with E-state index in [9.17, 15) is 4.79 Å². The summed E-state index contributed by atoms with van der Waals surface area (Å²) in [7, 11) is 3.25. The largest absolute Gasteiger partial charge is 0.495 e. The van der Waals surface area contributed by atoms with Gasteiger partial charge in [-0.05, 0) is 49.7 Å². The lowest BCUT2D eigenvalue weighted by Crippen LogP contribution is -2.39. The maximum atomic E-state index is 13.6. The monoisotopic (exact) mass is 485 g/mol. The third-order valence-corrected chi connectivity index (χ3v) is 6.84. The third kappa shape index (κ3) is 5.43. The first-order valence-electron chi connectivity index (χ1n) is 11.5. The van der Waals surface area contributed by atoms with E-state index in [1.807, 2.05) is 31.2 Å². The van der Waals surface area contributed by atoms with Gasteiger partial charge in [0, 0.05) is 31.7 Å². The molecule has 9 heteroatoms. The minimum Gasteiger partial charge on any atom is -0.495 e. The van der Waals surface area contributed by atoms with Crippen molar-refractivity contribution in [2.75, 3.05) is 65.1 Å². The van der Waals surface area contributed by atoms with E-state index in [-0.39, 0.29) is 5.91 Å². The summed E-state index contributed by atoms with van der Waals surface area (Å²) < 4.78 is 22.9. The zero-order valence-electron chi connectivity index (χ0n) is 19.9. The number of fused-ring (bicyclic) bond motifs is 1. The molecule has 0 aliphatic carbocycles. The summed E-state index contributed by atoms with van der Waals surface area (Å²) in [4.78, 5) is 22.6. The quantitative estimate of drug-likeness (QED) is 0.428. The molecule has 0 N–H and O–H groups in total. The fourth-order valence-corrected chi connectivity index (χ4v) is 5.07. The van der Waals surface area contributed by atoms with E-state index in [1.54, 1.807) is 31.3 Å². The number of aromatic nitrogens is 1. The molecule has 8 nitrogen and oxygen atoms in total. The average molecular weight is 486 g/mol. The number of nitrogens with zero attached hydrogens (tertiary/aromatic N) is 3. The molecule has 2 heterocycles. The standard InChI is InChI=1S/C25H31N3O5S/c1-4-33-19-8-6-18(7-9-19)24(29)28(13-5-12-27-14-16-32-17-15-27)25-26-22-20(30-2)10-11-21(31-3)23(22)34-25/h6-11H,4-5,12-17H2,1-3H3. The van der Waals surface area contributed by atoms with Gasteiger partial charge in [-0.3, -0.25) is 14.6 Å². The number of hydrogen-bond donors (Lipinski definition) is 0. The lowest BCUT2D eigenvalue weighted by Gasteiger charge is -2.27. The van der Waals surface area contributed by atoms with Crippen LogP contribution in [0.2, 0.25) is 0 Å². The molecule has 34 heavy (non-hydrogen) atoms. The van der Waals surface area contributed by atoms with Gasteiger partial charge in [0.15, 0.2) is 5.13 Å². The van der Waals surface area contributed by atoms with E-state index in [0.717, 1.165) is 49.7 Å². The van der Waals surface area contributed by atoms with Crippen LogP contribution in [0.25, 0.3) is 10.2 Å². The molecular formula is C25H31N3O5S. The predicted octanol–water partition coefficient (Wildman–Crippen LogP) is 4.08. The number of anilines is 1. The van der Waals surface area contributed by atoms with Crippen molar-refractivity contribution in [1.29, 1.82) is 0 Å². The Morgan fingerprint density at radius 3 is 2.47 bits per heavy atom. The van der Waals surface area contributed by atoms with Crippen LogP contribution in [0.4, 0.5) is 5.13 Å². The molecular weight excluding hydrogens is 454 g/mol. The molecule has 0 bridgehead atoms. The van der Waals surface area contributed by atoms with Crippen LogP contribution in [0.1, 0.15) is 23.7 Å². The number of morpholine rings is 1. The highest BCUT2D eigenvalue weighted by Gasteiger charge is 2.24. The summed E-state index contributed by atoms with van der Waals surface area (Å²) in [6, 6.07) is 11.0. The molecule has 0 atom stereocenters. The normalized spacial score (nSPS) is 14.2. The second kappa shape index (κ2) is 11.5. The minimum absolute atomic E-state index is 0.0954. The highest BCUT2D eigenvalue weighted by molar-refractivity contribution is 7.22. The summed E-state index contributed by atoms with van der Waals surface area (Å²) in [5.41, 5.74) is 1.28. The molecule has 1 aliphatic heterocycles. The molecule has 1 aliphatic rings. The SMILES string of the molecule is CCOc1ccc(C(=O)N(CCCN2CCOCC2)c2nc3c(OC)ccc(OC)c3s2)cc1. The van der Waals surface area contributed by atoms with E-state index in [4.69, 9.17) is 23.9 Å². The molecule has 3 aromatic rings. The van der Waals surface area contributed by atoms with Crippen molar-refractivity contribution in [3.8, 4) is 17.2 Å². The van der Waals surface area contributed by atoms with Gasteiger partial charge in [0.25, 0.3) is 5.91 Å². The van der Waals surface area contributed by atoms with Crippen molar-refractivity contribution in [2.24, 2.45) is 0 Å². The highest BCUT2D eigenvalue weighted by Crippen LogP contribution is 2.40. The highest BCUT2D eigenvalue weighted by atomic mass is 32.1. The minimum atomic E-state index is -0.0954. The molecule has 1 amide bonds. The molecule has 0 radical (unpaired) electrons.